The Kier molecular flexibility index (Phi) is 32.1. The van der Waals surface area contributed by atoms with Gasteiger partial charge in [-0.25, -0.2) is 44.5 Å². The van der Waals surface area contributed by atoms with E-state index in [-0.39, 0.29) is 47.2 Å². The third kappa shape index (κ3) is 25.0. The van der Waals surface area contributed by atoms with Crippen molar-refractivity contribution in [1.82, 2.24) is 83.7 Å². The van der Waals surface area contributed by atoms with E-state index in [9.17, 15) is 19.2 Å². The number of carboxylic acid groups (broad SMARTS) is 1. The van der Waals surface area contributed by atoms with Gasteiger partial charge in [0.25, 0.3) is 5.91 Å². The lowest BCUT2D eigenvalue weighted by atomic mass is 10.2. The number of amides is 1. The summed E-state index contributed by atoms with van der Waals surface area (Å²) in [6.45, 7) is 28.2. The molecule has 35 heteroatoms. The number of carbonyl (C=O) groups excluding carboxylic acids is 3. The van der Waals surface area contributed by atoms with Crippen molar-refractivity contribution < 1.29 is 29.0 Å². The van der Waals surface area contributed by atoms with Gasteiger partial charge in [0.2, 0.25) is 23.8 Å². The lowest BCUT2D eigenvalue weighted by Gasteiger charge is -2.14. The molecule has 576 valence electrons. The van der Waals surface area contributed by atoms with Gasteiger partial charge in [0.1, 0.15) is 46.1 Å². The van der Waals surface area contributed by atoms with Gasteiger partial charge in [-0.15, -0.1) is 20.4 Å². The smallest absolute Gasteiger partial charge is 0.338 e. The van der Waals surface area contributed by atoms with E-state index in [1.54, 1.807) is 130 Å². The van der Waals surface area contributed by atoms with E-state index in [2.05, 4.69) is 164 Å². The minimum atomic E-state index is -0.969. The van der Waals surface area contributed by atoms with Crippen molar-refractivity contribution in [2.24, 2.45) is 22.4 Å². The minimum absolute atomic E-state index is 0.0734. The molecule has 0 saturated carbocycles. The van der Waals surface area contributed by atoms with Gasteiger partial charge in [-0.3, -0.25) is 9.59 Å². The van der Waals surface area contributed by atoms with Crippen molar-refractivity contribution in [2.75, 3.05) is 45.5 Å². The van der Waals surface area contributed by atoms with Gasteiger partial charge in [-0.2, -0.15) is 15.3 Å². The normalized spacial score (nSPS) is 10.4. The summed E-state index contributed by atoms with van der Waals surface area (Å²) in [4.78, 5) is 76.0. The summed E-state index contributed by atoms with van der Waals surface area (Å²) in [5.41, 5.74) is 42.1. The lowest BCUT2D eigenvalue weighted by molar-refractivity contribution is 0.0525. The second-order valence-corrected chi connectivity index (χ2v) is 25.8. The number of benzene rings is 5. The second kappa shape index (κ2) is 41.3. The Morgan fingerprint density at radius 2 is 0.873 bits per heavy atom. The Morgan fingerprint density at radius 3 is 1.24 bits per heavy atom. The predicted octanol–water partition coefficient (Wildman–Crippen LogP) is 12.1. The molecule has 12 aromatic rings. The molecule has 0 unspecified atom stereocenters. The van der Waals surface area contributed by atoms with E-state index < -0.39 is 5.97 Å². The number of esters is 1. The van der Waals surface area contributed by atoms with Crippen LogP contribution in [-0.4, -0.2) is 125 Å². The first kappa shape index (κ1) is 85.3. The molecule has 1 amide bonds. The lowest BCUT2D eigenvalue weighted by Crippen LogP contribution is -2.23. The van der Waals surface area contributed by atoms with Gasteiger partial charge in [0.05, 0.1) is 101 Å². The number of Topliss-reactive ketones (excluding diaryl/α,β-unsaturated/α-hetero) is 1. The molecule has 0 bridgehead atoms. The van der Waals surface area contributed by atoms with Crippen molar-refractivity contribution in [3.05, 3.63) is 215 Å². The van der Waals surface area contributed by atoms with Gasteiger partial charge in [-0.1, -0.05) is 40.2 Å². The van der Waals surface area contributed by atoms with Gasteiger partial charge in [-0.05, 0) is 187 Å². The van der Waals surface area contributed by atoms with Crippen molar-refractivity contribution in [3.63, 3.8) is 0 Å². The first-order chi connectivity index (χ1) is 52.3. The van der Waals surface area contributed by atoms with Crippen LogP contribution in [0.5, 0.6) is 0 Å². The molecule has 0 aliphatic carbocycles. The molecule has 0 spiro atoms. The number of imidazole rings is 4. The number of carboxylic acids is 1. The molecular formula is C75H93BrN28O6. The highest BCUT2D eigenvalue weighted by Gasteiger charge is 2.19. The Morgan fingerprint density at radius 1 is 0.500 bits per heavy atom. The van der Waals surface area contributed by atoms with Crippen molar-refractivity contribution in [1.29, 1.82) is 0 Å². The summed E-state index contributed by atoms with van der Waals surface area (Å²) in [5.74, 6) is 7.52. The third-order valence-corrected chi connectivity index (χ3v) is 15.9. The van der Waals surface area contributed by atoms with Gasteiger partial charge in [0, 0.05) is 52.5 Å². The van der Waals surface area contributed by atoms with E-state index in [0.29, 0.717) is 92.9 Å². The molecule has 18 N–H and O–H groups in total. The first-order valence-electron chi connectivity index (χ1n) is 34.3. The van der Waals surface area contributed by atoms with Gasteiger partial charge >= 0.3 is 11.9 Å². The molecule has 0 saturated heterocycles. The average Bonchev–Trinajstić information content (AvgIpc) is 1.70. The zero-order valence-corrected chi connectivity index (χ0v) is 65.1. The number of nitrogens with one attached hydrogen (secondary N) is 3. The zero-order valence-electron chi connectivity index (χ0n) is 63.6. The number of aromatic nitrogens is 17. The highest BCUT2D eigenvalue weighted by atomic mass is 79.9. The number of aromatic carboxylic acids is 1. The third-order valence-electron chi connectivity index (χ3n) is 15.3. The largest absolute Gasteiger partial charge is 0.478 e. The number of nitrogens with zero attached hydrogens (tertiary/aromatic N) is 18. The van der Waals surface area contributed by atoms with Crippen LogP contribution in [0.4, 0.5) is 52.0 Å². The number of rotatable bonds is 17. The maximum absolute atomic E-state index is 12.5. The van der Waals surface area contributed by atoms with E-state index >= 15 is 0 Å². The number of halogens is 1. The summed E-state index contributed by atoms with van der Waals surface area (Å²) in [6.07, 6.45) is 11.8. The topological polar surface area (TPSA) is 516 Å². The van der Waals surface area contributed by atoms with Crippen LogP contribution < -0.4 is 56.2 Å². The number of carbonyl (C=O) groups is 4. The molecule has 7 heterocycles. The molecule has 0 fully saturated rings. The number of hydrazone groups is 1. The molecule has 5 aromatic carbocycles. The average molecular weight is 1560 g/mol. The van der Waals surface area contributed by atoms with Crippen LogP contribution in [0, 0.1) is 27.7 Å². The quantitative estimate of drug-likeness (QED) is 0.00767. The van der Waals surface area contributed by atoms with Gasteiger partial charge in [0.15, 0.2) is 5.78 Å². The fourth-order valence-electron chi connectivity index (χ4n) is 10.4. The number of ketones is 1. The molecule has 0 aliphatic rings. The van der Waals surface area contributed by atoms with E-state index in [4.69, 9.17) is 44.2 Å². The number of aryl methyl sites for hydroxylation is 4. The predicted molar refractivity (Wildman–Crippen MR) is 431 cm³/mol. The Balaban J connectivity index is 0.000000215. The highest BCUT2D eigenvalue weighted by molar-refractivity contribution is 9.10. The number of guanidine groups is 1. The zero-order chi connectivity index (χ0) is 80.9. The number of para-hydroxylation sites is 4. The van der Waals surface area contributed by atoms with Crippen molar-refractivity contribution in [2.45, 2.75) is 121 Å². The maximum atomic E-state index is 12.5. The van der Waals surface area contributed by atoms with Crippen LogP contribution in [-0.2, 0) is 4.74 Å². The Hall–Kier alpha value is -13.6. The maximum Gasteiger partial charge on any atom is 0.338 e. The second-order valence-electron chi connectivity index (χ2n) is 24.9. The van der Waals surface area contributed by atoms with Crippen LogP contribution in [0.1, 0.15) is 158 Å². The van der Waals surface area contributed by atoms with Crippen LogP contribution >= 0.6 is 15.9 Å². The fraction of sp³-hybridized carbons (Fsp3) is 0.253. The number of anilines is 9. The number of hydrogen-bond acceptors (Lipinski definition) is 26. The molecule has 0 radical (unpaired) electrons. The van der Waals surface area contributed by atoms with Crippen LogP contribution in [0.3, 0.4) is 0 Å². The summed E-state index contributed by atoms with van der Waals surface area (Å²) in [5, 5.41) is 44.3. The number of nitrogen functional groups attached to an aromatic ring is 4. The standard InChI is InChI=1S/C23H24N8O.C17H18N6O2.C10H14N6.C9H9BrO2.C9H14N2O.C6H8N2.CH6N4/c1-14(2)31-15(3)25-13-21(31)20-12-26-30-23(29-20)27-17-10-8-16(9-11-17)22(32)28-19-7-5-4-6-18(19)24;1-10(2)23-11(3)18-9-15(23)14-8-19-22-17(21-14)20-13-6-4-12(5-7-13)16(24)25;1-6(2)16-7(3)12-5-9(16)8-4-13-15-10(11)14-8;1-2-12-9(11)7-3-5-8(10)6-4-7;1-6(2)11-8(4)10-5-9(11)7(3)12;7-5-3-1-2-4-6(5)8;2-1(3)5-4/h4-14H,24H2,1-3H3,(H,28,32)(H,27,29,30);4-10H,1-3H3,(H,24,25)(H,20,21,22);4-6H,1-3H3,(H2,11,14,15);3-6H,2H2,1H3;5-6H,1-4H3;1-4H,7-8H2;4H2,(H4,2,3,5). The SMILES string of the molecule is CC(=O)c1cnc(C)n1C(C)C.CCOC(=O)c1ccc(Br)cc1.Cc1ncc(-c2cnnc(N)n2)n1C(C)C.Cc1ncc(-c2cnnc(Nc3ccc(C(=O)Nc4ccccc4N)cc3)n2)n1C(C)C.Cc1ncc(-c2cnnc(Nc3ccc(C(=O)O)cc3)n2)n1C(C)C.NN=C(N)N.Nc1ccccc1N. The van der Waals surface area contributed by atoms with Crippen LogP contribution in [0.2, 0.25) is 0 Å². The monoisotopic (exact) mass is 1560 g/mol. The molecule has 34 nitrogen and oxygen atoms in total. The van der Waals surface area contributed by atoms with E-state index in [1.807, 2.05) is 82.5 Å². The minimum Gasteiger partial charge on any atom is -0.478 e. The van der Waals surface area contributed by atoms with Crippen molar-refractivity contribution in [3.8, 4) is 34.2 Å². The molecular weight excluding hydrogens is 1470 g/mol. The summed E-state index contributed by atoms with van der Waals surface area (Å²) in [7, 11) is 0. The van der Waals surface area contributed by atoms with E-state index in [1.165, 1.54) is 12.1 Å². The summed E-state index contributed by atoms with van der Waals surface area (Å²) < 4.78 is 14.0. The van der Waals surface area contributed by atoms with Crippen LogP contribution in [0.15, 0.2) is 174 Å². The van der Waals surface area contributed by atoms with Gasteiger partial charge < -0.3 is 84.3 Å². The Bertz CT molecular complexity index is 4990. The molecule has 0 atom stereocenters. The number of nitrogens with two attached hydrogens (primary N) is 7. The molecule has 0 aliphatic heterocycles. The fourth-order valence-corrected chi connectivity index (χ4v) is 10.7. The molecule has 12 rings (SSSR count). The number of ether oxygens (including phenoxy) is 1. The van der Waals surface area contributed by atoms with E-state index in [0.717, 1.165) is 50.5 Å². The van der Waals surface area contributed by atoms with Crippen molar-refractivity contribution >= 4 is 97.5 Å². The summed E-state index contributed by atoms with van der Waals surface area (Å²) >= 11 is 3.28. The van der Waals surface area contributed by atoms with Crippen LogP contribution in [0.25, 0.3) is 34.2 Å². The molecule has 110 heavy (non-hydrogen) atoms. The summed E-state index contributed by atoms with van der Waals surface area (Å²) in [6, 6.07) is 35.9. The number of hydrogen-bond donors (Lipinski definition) is 11. The Labute approximate surface area is 645 Å². The highest BCUT2D eigenvalue weighted by Crippen LogP contribution is 2.28. The molecule has 7 aromatic heterocycles. The first-order valence-corrected chi connectivity index (χ1v) is 35.1.